The third-order valence-corrected chi connectivity index (χ3v) is 4.60. The molecule has 8 nitrogen and oxygen atoms in total. The van der Waals surface area contributed by atoms with Crippen molar-refractivity contribution in [3.8, 4) is 11.5 Å². The number of aromatic nitrogens is 2. The quantitative estimate of drug-likeness (QED) is 0.825. The number of benzene rings is 1. The standard InChI is InChI=1S/C20H24N4O4/c1-5-24-11-16(13(2)22-24)21-19(25)12-23-7-6-14-8-17(27-3)18(28-4)9-15(14)10-20(23)26/h6-9,11H,5,10,12H2,1-4H3,(H,21,25). The van der Waals surface area contributed by atoms with Gasteiger partial charge in [0.25, 0.3) is 0 Å². The van der Waals surface area contributed by atoms with Gasteiger partial charge < -0.3 is 19.7 Å². The van der Waals surface area contributed by atoms with Crippen molar-refractivity contribution < 1.29 is 19.1 Å². The Balaban J connectivity index is 1.74. The van der Waals surface area contributed by atoms with Crippen molar-refractivity contribution in [2.24, 2.45) is 0 Å². The maximum Gasteiger partial charge on any atom is 0.244 e. The van der Waals surface area contributed by atoms with Gasteiger partial charge in [-0.05, 0) is 43.2 Å². The summed E-state index contributed by atoms with van der Waals surface area (Å²) in [6.45, 7) is 4.44. The number of carbonyl (C=O) groups excluding carboxylic acids is 2. The van der Waals surface area contributed by atoms with Crippen molar-refractivity contribution in [2.75, 3.05) is 26.1 Å². The second kappa shape index (κ2) is 8.16. The van der Waals surface area contributed by atoms with Crippen molar-refractivity contribution in [1.82, 2.24) is 14.7 Å². The smallest absolute Gasteiger partial charge is 0.244 e. The van der Waals surface area contributed by atoms with Gasteiger partial charge in [-0.2, -0.15) is 5.10 Å². The minimum atomic E-state index is -0.280. The fraction of sp³-hybridized carbons (Fsp3) is 0.350. The monoisotopic (exact) mass is 384 g/mol. The van der Waals surface area contributed by atoms with Crippen LogP contribution in [-0.4, -0.2) is 47.3 Å². The molecule has 3 rings (SSSR count). The van der Waals surface area contributed by atoms with Gasteiger partial charge in [0.05, 0.1) is 32.0 Å². The van der Waals surface area contributed by atoms with Crippen LogP contribution >= 0.6 is 0 Å². The molecule has 0 fully saturated rings. The predicted octanol–water partition coefficient (Wildman–Crippen LogP) is 2.22. The van der Waals surface area contributed by atoms with Crippen LogP contribution in [0.5, 0.6) is 11.5 Å². The van der Waals surface area contributed by atoms with Crippen LogP contribution in [-0.2, 0) is 22.6 Å². The molecule has 28 heavy (non-hydrogen) atoms. The van der Waals surface area contributed by atoms with Crippen LogP contribution in [0.1, 0.15) is 23.7 Å². The van der Waals surface area contributed by atoms with E-state index in [0.717, 1.165) is 23.4 Å². The zero-order chi connectivity index (χ0) is 20.3. The molecule has 1 aliphatic rings. The van der Waals surface area contributed by atoms with Crippen LogP contribution < -0.4 is 14.8 Å². The van der Waals surface area contributed by atoms with Crippen molar-refractivity contribution in [2.45, 2.75) is 26.8 Å². The highest BCUT2D eigenvalue weighted by molar-refractivity contribution is 5.96. The van der Waals surface area contributed by atoms with E-state index in [-0.39, 0.29) is 24.8 Å². The third kappa shape index (κ3) is 4.00. The Bertz CT molecular complexity index is 933. The van der Waals surface area contributed by atoms with E-state index in [1.54, 1.807) is 43.4 Å². The molecule has 0 aliphatic carbocycles. The van der Waals surface area contributed by atoms with Crippen LogP contribution in [0, 0.1) is 6.92 Å². The topological polar surface area (TPSA) is 85.7 Å². The van der Waals surface area contributed by atoms with Crippen molar-refractivity contribution in [3.63, 3.8) is 0 Å². The normalized spacial score (nSPS) is 13.1. The first kappa shape index (κ1) is 19.5. The van der Waals surface area contributed by atoms with Gasteiger partial charge in [-0.25, -0.2) is 0 Å². The summed E-state index contributed by atoms with van der Waals surface area (Å²) in [5.41, 5.74) is 3.06. The van der Waals surface area contributed by atoms with Crippen molar-refractivity contribution in [3.05, 3.63) is 41.4 Å². The molecular formula is C20H24N4O4. The summed E-state index contributed by atoms with van der Waals surface area (Å²) in [5, 5.41) is 7.12. The molecule has 0 radical (unpaired) electrons. The largest absolute Gasteiger partial charge is 0.493 e. The summed E-state index contributed by atoms with van der Waals surface area (Å²) in [7, 11) is 3.12. The van der Waals surface area contributed by atoms with E-state index in [1.807, 2.05) is 19.9 Å². The van der Waals surface area contributed by atoms with Crippen LogP contribution in [0.4, 0.5) is 5.69 Å². The first-order chi connectivity index (χ1) is 13.4. The first-order valence-electron chi connectivity index (χ1n) is 9.01. The number of aryl methyl sites for hydroxylation is 2. The van der Waals surface area contributed by atoms with Crippen LogP contribution in [0.2, 0.25) is 0 Å². The van der Waals surface area contributed by atoms with Crippen LogP contribution in [0.25, 0.3) is 6.08 Å². The zero-order valence-electron chi connectivity index (χ0n) is 16.5. The van der Waals surface area contributed by atoms with Gasteiger partial charge in [0.15, 0.2) is 11.5 Å². The Morgan fingerprint density at radius 1 is 1.25 bits per heavy atom. The van der Waals surface area contributed by atoms with E-state index >= 15 is 0 Å². The average Bonchev–Trinajstić information content (AvgIpc) is 2.96. The van der Waals surface area contributed by atoms with E-state index in [2.05, 4.69) is 10.4 Å². The molecule has 0 bridgehead atoms. The number of amides is 2. The van der Waals surface area contributed by atoms with E-state index in [9.17, 15) is 9.59 Å². The van der Waals surface area contributed by atoms with E-state index in [0.29, 0.717) is 17.2 Å². The molecule has 2 aromatic rings. The molecule has 148 valence electrons. The number of rotatable bonds is 6. The molecule has 1 N–H and O–H groups in total. The van der Waals surface area contributed by atoms with Gasteiger partial charge >= 0.3 is 0 Å². The maximum atomic E-state index is 12.6. The minimum Gasteiger partial charge on any atom is -0.493 e. The van der Waals surface area contributed by atoms with Crippen LogP contribution in [0.15, 0.2) is 24.5 Å². The number of carbonyl (C=O) groups is 2. The number of methoxy groups -OCH3 is 2. The molecule has 1 aliphatic heterocycles. The van der Waals surface area contributed by atoms with Gasteiger partial charge in [-0.1, -0.05) is 0 Å². The second-order valence-corrected chi connectivity index (χ2v) is 6.45. The molecule has 0 spiro atoms. The Hall–Kier alpha value is -3.29. The molecule has 0 saturated heterocycles. The third-order valence-electron chi connectivity index (χ3n) is 4.60. The molecule has 0 unspecified atom stereocenters. The van der Waals surface area contributed by atoms with Crippen molar-refractivity contribution in [1.29, 1.82) is 0 Å². The molecule has 1 aromatic carbocycles. The summed E-state index contributed by atoms with van der Waals surface area (Å²) >= 11 is 0. The number of fused-ring (bicyclic) bond motifs is 1. The molecule has 0 atom stereocenters. The summed E-state index contributed by atoms with van der Waals surface area (Å²) in [4.78, 5) is 26.5. The Morgan fingerprint density at radius 2 is 1.96 bits per heavy atom. The number of nitrogens with zero attached hydrogens (tertiary/aromatic N) is 3. The predicted molar refractivity (Wildman–Crippen MR) is 105 cm³/mol. The van der Waals surface area contributed by atoms with E-state index < -0.39 is 0 Å². The number of ether oxygens (including phenoxy) is 2. The zero-order valence-corrected chi connectivity index (χ0v) is 16.5. The SMILES string of the molecule is CCn1cc(NC(=O)CN2C=Cc3cc(OC)c(OC)cc3CC2=O)c(C)n1. The summed E-state index contributed by atoms with van der Waals surface area (Å²) in [5.74, 6) is 0.709. The lowest BCUT2D eigenvalue weighted by atomic mass is 10.0. The summed E-state index contributed by atoms with van der Waals surface area (Å²) in [6.07, 6.45) is 5.38. The summed E-state index contributed by atoms with van der Waals surface area (Å²) in [6, 6.07) is 3.62. The first-order valence-corrected chi connectivity index (χ1v) is 9.01. The number of anilines is 1. The van der Waals surface area contributed by atoms with E-state index in [1.165, 1.54) is 4.90 Å². The lowest BCUT2D eigenvalue weighted by molar-refractivity contribution is -0.131. The fourth-order valence-corrected chi connectivity index (χ4v) is 3.05. The lowest BCUT2D eigenvalue weighted by Gasteiger charge is -2.16. The number of nitrogens with one attached hydrogen (secondary N) is 1. The van der Waals surface area contributed by atoms with Gasteiger partial charge in [-0.15, -0.1) is 0 Å². The number of hydrogen-bond donors (Lipinski definition) is 1. The van der Waals surface area contributed by atoms with Gasteiger partial charge in [0.2, 0.25) is 11.8 Å². The summed E-state index contributed by atoms with van der Waals surface area (Å²) < 4.78 is 12.4. The molecule has 8 heteroatoms. The maximum absolute atomic E-state index is 12.6. The minimum absolute atomic E-state index is 0.0751. The van der Waals surface area contributed by atoms with Gasteiger partial charge in [0, 0.05) is 18.9 Å². The average molecular weight is 384 g/mol. The Morgan fingerprint density at radius 3 is 2.61 bits per heavy atom. The van der Waals surface area contributed by atoms with Crippen LogP contribution in [0.3, 0.4) is 0 Å². The second-order valence-electron chi connectivity index (χ2n) is 6.45. The van der Waals surface area contributed by atoms with E-state index in [4.69, 9.17) is 9.47 Å². The molecule has 1 aromatic heterocycles. The lowest BCUT2D eigenvalue weighted by Crippen LogP contribution is -2.34. The Kier molecular flexibility index (Phi) is 5.67. The number of hydrogen-bond acceptors (Lipinski definition) is 5. The highest BCUT2D eigenvalue weighted by Gasteiger charge is 2.22. The highest BCUT2D eigenvalue weighted by atomic mass is 16.5. The molecular weight excluding hydrogens is 360 g/mol. The van der Waals surface area contributed by atoms with Gasteiger partial charge in [0.1, 0.15) is 6.54 Å². The fourth-order valence-electron chi connectivity index (χ4n) is 3.05. The molecule has 2 heterocycles. The molecule has 0 saturated carbocycles. The molecule has 2 amide bonds. The highest BCUT2D eigenvalue weighted by Crippen LogP contribution is 2.32. The van der Waals surface area contributed by atoms with Gasteiger partial charge in [-0.3, -0.25) is 14.3 Å². The Labute approximate surface area is 163 Å². The van der Waals surface area contributed by atoms with Crippen molar-refractivity contribution >= 4 is 23.6 Å².